The number of rotatable bonds is 9. The Morgan fingerprint density at radius 1 is 0.962 bits per heavy atom. The van der Waals surface area contributed by atoms with Gasteiger partial charge in [0.05, 0.1) is 56.3 Å². The first-order valence-electron chi connectivity index (χ1n) is 19.7. The van der Waals surface area contributed by atoms with Crippen LogP contribution >= 0.6 is 0 Å². The van der Waals surface area contributed by atoms with Gasteiger partial charge in [-0.3, -0.25) is 9.59 Å². The monoisotopic (exact) mass is 736 g/mol. The van der Waals surface area contributed by atoms with Crippen LogP contribution in [0, 0.1) is 5.41 Å². The summed E-state index contributed by atoms with van der Waals surface area (Å²) in [5.74, 6) is -4.12. The highest BCUT2D eigenvalue weighted by Crippen LogP contribution is 2.47. The summed E-state index contributed by atoms with van der Waals surface area (Å²) in [7, 11) is 1.24. The Balaban J connectivity index is 1.70. The molecule has 0 spiro atoms. The van der Waals surface area contributed by atoms with Crippen LogP contribution in [0.1, 0.15) is 137 Å². The van der Waals surface area contributed by atoms with E-state index in [2.05, 4.69) is 6.92 Å². The van der Waals surface area contributed by atoms with E-state index in [0.717, 1.165) is 64.2 Å². The summed E-state index contributed by atoms with van der Waals surface area (Å²) in [6, 6.07) is 0. The zero-order valence-corrected chi connectivity index (χ0v) is 32.0. The molecule has 0 saturated carbocycles. The molecule has 0 aliphatic carbocycles. The largest absolute Gasteiger partial charge is 0.466 e. The third kappa shape index (κ3) is 12.1. The van der Waals surface area contributed by atoms with E-state index in [1.54, 1.807) is 13.8 Å². The average molecular weight is 737 g/mol. The minimum atomic E-state index is -2.20. The molecule has 12 heteroatoms. The lowest BCUT2D eigenvalue weighted by Crippen LogP contribution is -2.62. The zero-order chi connectivity index (χ0) is 37.9. The fraction of sp³-hybridized carbons (Fsp3) is 0.825. The Morgan fingerprint density at radius 3 is 2.33 bits per heavy atom. The number of hydrogen-bond donors (Lipinski definition) is 3. The first-order chi connectivity index (χ1) is 24.7. The van der Waals surface area contributed by atoms with Crippen molar-refractivity contribution in [1.82, 2.24) is 0 Å². The van der Waals surface area contributed by atoms with Gasteiger partial charge in [-0.25, -0.2) is 4.79 Å². The van der Waals surface area contributed by atoms with Gasteiger partial charge in [0.1, 0.15) is 6.10 Å². The minimum absolute atomic E-state index is 0.0165. The van der Waals surface area contributed by atoms with Crippen molar-refractivity contribution in [3.8, 4) is 0 Å². The van der Waals surface area contributed by atoms with E-state index in [9.17, 15) is 29.7 Å². The van der Waals surface area contributed by atoms with Crippen molar-refractivity contribution in [2.75, 3.05) is 7.11 Å². The molecule has 4 aliphatic heterocycles. The molecular weight excluding hydrogens is 672 g/mol. The van der Waals surface area contributed by atoms with Gasteiger partial charge in [0, 0.05) is 30.8 Å². The second kappa shape index (κ2) is 19.8. The molecule has 12 nitrogen and oxygen atoms in total. The maximum Gasteiger partial charge on any atom is 0.330 e. The smallest absolute Gasteiger partial charge is 0.330 e. The van der Waals surface area contributed by atoms with Gasteiger partial charge in [-0.05, 0) is 70.3 Å². The number of hydrogen-bond acceptors (Lipinski definition) is 12. The minimum Gasteiger partial charge on any atom is -0.466 e. The number of cyclic esters (lactones) is 1. The van der Waals surface area contributed by atoms with E-state index in [1.807, 2.05) is 12.2 Å². The molecule has 10 atom stereocenters. The summed E-state index contributed by atoms with van der Waals surface area (Å²) < 4.78 is 36.1. The molecule has 3 saturated heterocycles. The lowest BCUT2D eigenvalue weighted by atomic mass is 9.74. The molecule has 6 bridgehead atoms. The quantitative estimate of drug-likeness (QED) is 0.0893. The summed E-state index contributed by atoms with van der Waals surface area (Å²) >= 11 is 0. The first kappa shape index (κ1) is 42.4. The highest BCUT2D eigenvalue weighted by molar-refractivity contribution is 5.83. The van der Waals surface area contributed by atoms with Crippen LogP contribution in [0.25, 0.3) is 0 Å². The molecule has 0 aromatic heterocycles. The lowest BCUT2D eigenvalue weighted by Gasteiger charge is -2.51. The van der Waals surface area contributed by atoms with E-state index in [0.29, 0.717) is 12.8 Å². The van der Waals surface area contributed by atoms with Crippen LogP contribution < -0.4 is 0 Å². The van der Waals surface area contributed by atoms with Gasteiger partial charge < -0.3 is 43.7 Å². The Hall–Kier alpha value is -2.35. The SMILES string of the molecule is CCCCCCCC(=O)O[C@H]1/C(=C/C(=O)OC)C[C@H]2C[C@H]([C@H](C)O)OC(=O)C[C@H](O)C[C@@H]3CCC[C@H](C[C@@H]4CCC[C@H](/C=C/C(C)(C)[C@]1(O)O2)O4)O3. The molecule has 3 N–H and O–H groups in total. The van der Waals surface area contributed by atoms with Crippen LogP contribution in [-0.2, 0) is 42.8 Å². The maximum atomic E-state index is 13.3. The highest BCUT2D eigenvalue weighted by atomic mass is 16.7. The van der Waals surface area contributed by atoms with Gasteiger partial charge >= 0.3 is 17.9 Å². The molecule has 296 valence electrons. The van der Waals surface area contributed by atoms with Crippen LogP contribution in [0.5, 0.6) is 0 Å². The van der Waals surface area contributed by atoms with Crippen molar-refractivity contribution in [3.05, 3.63) is 23.8 Å². The van der Waals surface area contributed by atoms with Crippen LogP contribution in [0.4, 0.5) is 0 Å². The fourth-order valence-corrected chi connectivity index (χ4v) is 7.90. The molecule has 0 amide bonds. The molecule has 4 aliphatic rings. The summed E-state index contributed by atoms with van der Waals surface area (Å²) in [5, 5.41) is 34.3. The molecule has 0 unspecified atom stereocenters. The molecule has 0 radical (unpaired) electrons. The van der Waals surface area contributed by atoms with Gasteiger partial charge in [0.15, 0.2) is 6.10 Å². The standard InChI is InChI=1S/C40H64O12/c1-6-7-8-9-10-17-35(43)51-38-27(21-36(44)47-5)20-33-25-34(26(2)41)50-37(45)23-28(42)22-30-14-12-16-32(49-30)24-31-15-11-13-29(48-31)18-19-39(3,4)40(38,46)52-33/h18-19,21,26,28-34,38,41-42,46H,6-17,20,22-25H2,1-5H3/b19-18+,27-21+/t26-,28+,29+,30-,31-,32+,33-,34+,38-,40+/m0/s1. The molecule has 0 aromatic carbocycles. The normalized spacial score (nSPS) is 36.5. The predicted octanol–water partition coefficient (Wildman–Crippen LogP) is 5.52. The number of ether oxygens (including phenoxy) is 6. The van der Waals surface area contributed by atoms with E-state index >= 15 is 0 Å². The molecular formula is C40H64O12. The third-order valence-corrected chi connectivity index (χ3v) is 11.0. The van der Waals surface area contributed by atoms with Crippen LogP contribution in [0.3, 0.4) is 0 Å². The van der Waals surface area contributed by atoms with Gasteiger partial charge in [-0.1, -0.05) is 58.6 Å². The van der Waals surface area contributed by atoms with Gasteiger partial charge in [-0.15, -0.1) is 0 Å². The van der Waals surface area contributed by atoms with E-state index < -0.39 is 59.6 Å². The zero-order valence-electron chi connectivity index (χ0n) is 32.0. The predicted molar refractivity (Wildman–Crippen MR) is 192 cm³/mol. The number of fused-ring (bicyclic) bond motifs is 6. The summed E-state index contributed by atoms with van der Waals surface area (Å²) in [4.78, 5) is 39.2. The maximum absolute atomic E-state index is 13.3. The number of carbonyl (C=O) groups excluding carboxylic acids is 3. The second-order valence-corrected chi connectivity index (χ2v) is 15.9. The second-order valence-electron chi connectivity index (χ2n) is 15.9. The summed E-state index contributed by atoms with van der Waals surface area (Å²) in [5.41, 5.74) is -0.939. The van der Waals surface area contributed by atoms with Crippen LogP contribution in [0.15, 0.2) is 23.8 Å². The molecule has 3 fully saturated rings. The topological polar surface area (TPSA) is 167 Å². The summed E-state index contributed by atoms with van der Waals surface area (Å²) in [6.45, 7) is 7.14. The van der Waals surface area contributed by atoms with E-state index in [1.165, 1.54) is 20.1 Å². The van der Waals surface area contributed by atoms with Gasteiger partial charge in [0.25, 0.3) is 0 Å². The molecule has 4 rings (SSSR count). The fourth-order valence-electron chi connectivity index (χ4n) is 7.90. The van der Waals surface area contributed by atoms with Crippen LogP contribution in [0.2, 0.25) is 0 Å². The van der Waals surface area contributed by atoms with E-state index in [4.69, 9.17) is 28.4 Å². The average Bonchev–Trinajstić information content (AvgIpc) is 3.08. The Bertz CT molecular complexity index is 1230. The number of aliphatic hydroxyl groups is 3. The number of carbonyl (C=O) groups is 3. The highest BCUT2D eigenvalue weighted by Gasteiger charge is 2.57. The molecule has 0 aromatic rings. The Labute approximate surface area is 309 Å². The lowest BCUT2D eigenvalue weighted by molar-refractivity contribution is -0.327. The summed E-state index contributed by atoms with van der Waals surface area (Å²) in [6.07, 6.45) is 9.76. The number of aliphatic hydroxyl groups excluding tert-OH is 2. The van der Waals surface area contributed by atoms with Crippen molar-refractivity contribution in [1.29, 1.82) is 0 Å². The molecule has 4 heterocycles. The first-order valence-corrected chi connectivity index (χ1v) is 19.7. The number of esters is 3. The van der Waals surface area contributed by atoms with Gasteiger partial charge in [0.2, 0.25) is 5.79 Å². The van der Waals surface area contributed by atoms with Gasteiger partial charge in [-0.2, -0.15) is 0 Å². The van der Waals surface area contributed by atoms with Crippen molar-refractivity contribution in [3.63, 3.8) is 0 Å². The van der Waals surface area contributed by atoms with Crippen molar-refractivity contribution >= 4 is 17.9 Å². The molecule has 52 heavy (non-hydrogen) atoms. The number of unbranched alkanes of at least 4 members (excludes halogenated alkanes) is 4. The van der Waals surface area contributed by atoms with E-state index in [-0.39, 0.29) is 62.1 Å². The number of methoxy groups -OCH3 is 1. The Kier molecular flexibility index (Phi) is 16.2. The Morgan fingerprint density at radius 2 is 1.63 bits per heavy atom. The van der Waals surface area contributed by atoms with Crippen molar-refractivity contribution in [2.24, 2.45) is 5.41 Å². The van der Waals surface area contributed by atoms with Crippen molar-refractivity contribution in [2.45, 2.75) is 198 Å². The third-order valence-electron chi connectivity index (χ3n) is 11.0. The van der Waals surface area contributed by atoms with Crippen molar-refractivity contribution < 1.29 is 58.1 Å². The van der Waals surface area contributed by atoms with Crippen LogP contribution in [-0.4, -0.2) is 101 Å².